The Bertz CT molecular complexity index is 561. The summed E-state index contributed by atoms with van der Waals surface area (Å²) in [6, 6.07) is 5.54. The molecule has 1 saturated heterocycles. The highest BCUT2D eigenvalue weighted by Crippen LogP contribution is 2.32. The van der Waals surface area contributed by atoms with Crippen LogP contribution in [0, 0.1) is 6.92 Å². The maximum Gasteiger partial charge on any atom is 0.244 e. The van der Waals surface area contributed by atoms with E-state index in [9.17, 15) is 8.42 Å². The van der Waals surface area contributed by atoms with E-state index in [-0.39, 0.29) is 12.1 Å². The molecule has 106 valence electrons. The lowest BCUT2D eigenvalue weighted by Crippen LogP contribution is -2.47. The molecular weight excluding hydrogens is 326 g/mol. The fourth-order valence-electron chi connectivity index (χ4n) is 2.80. The lowest BCUT2D eigenvalue weighted by Gasteiger charge is -2.37. The van der Waals surface area contributed by atoms with Crippen molar-refractivity contribution in [1.82, 2.24) is 4.31 Å². The van der Waals surface area contributed by atoms with Crippen molar-refractivity contribution >= 4 is 26.0 Å². The molecule has 0 aliphatic carbocycles. The zero-order valence-electron chi connectivity index (χ0n) is 11.6. The quantitative estimate of drug-likeness (QED) is 0.819. The molecule has 2 unspecified atom stereocenters. The van der Waals surface area contributed by atoms with E-state index in [1.54, 1.807) is 10.4 Å². The smallest absolute Gasteiger partial charge is 0.207 e. The highest BCUT2D eigenvalue weighted by atomic mass is 79.9. The number of sulfonamides is 1. The van der Waals surface area contributed by atoms with Gasteiger partial charge in [-0.15, -0.1) is 0 Å². The van der Waals surface area contributed by atoms with Crippen molar-refractivity contribution in [1.29, 1.82) is 0 Å². The molecule has 0 radical (unpaired) electrons. The molecule has 1 aliphatic rings. The highest BCUT2D eigenvalue weighted by Gasteiger charge is 2.36. The van der Waals surface area contributed by atoms with Crippen LogP contribution in [0.15, 0.2) is 27.6 Å². The number of aryl methyl sites for hydroxylation is 1. The first-order valence-electron chi connectivity index (χ1n) is 6.63. The van der Waals surface area contributed by atoms with E-state index in [1.165, 1.54) is 0 Å². The Morgan fingerprint density at radius 2 is 1.79 bits per heavy atom. The van der Waals surface area contributed by atoms with Crippen molar-refractivity contribution in [2.45, 2.75) is 57.0 Å². The second-order valence-corrected chi connectivity index (χ2v) is 8.06. The standard InChI is InChI=1S/C14H20BrNO2S/c1-10-7-8-14(13(15)9-10)19(17,18)16-11(2)5-4-6-12(16)3/h7-9,11-12H,4-6H2,1-3H3. The third-order valence-electron chi connectivity index (χ3n) is 3.76. The van der Waals surface area contributed by atoms with Gasteiger partial charge in [0.1, 0.15) is 0 Å². The number of piperidine rings is 1. The molecule has 2 atom stereocenters. The van der Waals surface area contributed by atoms with Crippen LogP contribution < -0.4 is 0 Å². The second-order valence-electron chi connectivity index (χ2n) is 5.40. The Kier molecular flexibility index (Phi) is 4.38. The van der Waals surface area contributed by atoms with E-state index in [0.29, 0.717) is 9.37 Å². The van der Waals surface area contributed by atoms with Crippen LogP contribution in [-0.4, -0.2) is 24.8 Å². The van der Waals surface area contributed by atoms with Crippen LogP contribution in [0.1, 0.15) is 38.7 Å². The lowest BCUT2D eigenvalue weighted by atomic mass is 10.0. The van der Waals surface area contributed by atoms with Crippen molar-refractivity contribution in [2.75, 3.05) is 0 Å². The van der Waals surface area contributed by atoms with E-state index in [1.807, 2.05) is 32.9 Å². The summed E-state index contributed by atoms with van der Waals surface area (Å²) in [6.45, 7) is 5.94. The van der Waals surface area contributed by atoms with Crippen molar-refractivity contribution < 1.29 is 8.42 Å². The summed E-state index contributed by atoms with van der Waals surface area (Å²) in [5.74, 6) is 0. The molecule has 0 saturated carbocycles. The zero-order chi connectivity index (χ0) is 14.2. The molecule has 0 aromatic heterocycles. The lowest BCUT2D eigenvalue weighted by molar-refractivity contribution is 0.204. The monoisotopic (exact) mass is 345 g/mol. The van der Waals surface area contributed by atoms with Crippen molar-refractivity contribution in [3.05, 3.63) is 28.2 Å². The van der Waals surface area contributed by atoms with Gasteiger partial charge in [0.15, 0.2) is 0 Å². The number of rotatable bonds is 2. The molecule has 1 fully saturated rings. The van der Waals surface area contributed by atoms with Crippen LogP contribution in [-0.2, 0) is 10.0 Å². The van der Waals surface area contributed by atoms with Crippen LogP contribution in [0.25, 0.3) is 0 Å². The molecule has 5 heteroatoms. The van der Waals surface area contributed by atoms with E-state index < -0.39 is 10.0 Å². The summed E-state index contributed by atoms with van der Waals surface area (Å²) < 4.78 is 28.0. The first-order chi connectivity index (χ1) is 8.84. The molecule has 1 aromatic rings. The third-order valence-corrected chi connectivity index (χ3v) is 6.86. The Morgan fingerprint density at radius 1 is 1.21 bits per heavy atom. The van der Waals surface area contributed by atoms with Crippen molar-refractivity contribution in [2.24, 2.45) is 0 Å². The number of benzene rings is 1. The van der Waals surface area contributed by atoms with E-state index in [4.69, 9.17) is 0 Å². The van der Waals surface area contributed by atoms with Crippen LogP contribution >= 0.6 is 15.9 Å². The van der Waals surface area contributed by atoms with Gasteiger partial charge in [-0.05, 0) is 67.2 Å². The average molecular weight is 346 g/mol. The molecule has 0 amide bonds. The van der Waals surface area contributed by atoms with Crippen molar-refractivity contribution in [3.63, 3.8) is 0 Å². The Morgan fingerprint density at radius 3 is 2.32 bits per heavy atom. The molecular formula is C14H20BrNO2S. The molecule has 19 heavy (non-hydrogen) atoms. The summed E-state index contributed by atoms with van der Waals surface area (Å²) in [5.41, 5.74) is 1.05. The van der Waals surface area contributed by atoms with Crippen LogP contribution in [0.2, 0.25) is 0 Å². The molecule has 0 spiro atoms. The minimum Gasteiger partial charge on any atom is -0.207 e. The van der Waals surface area contributed by atoms with Crippen LogP contribution in [0.4, 0.5) is 0 Å². The van der Waals surface area contributed by atoms with Gasteiger partial charge < -0.3 is 0 Å². The normalized spacial score (nSPS) is 25.5. The summed E-state index contributed by atoms with van der Waals surface area (Å²) in [4.78, 5) is 0.374. The van der Waals surface area contributed by atoms with Gasteiger partial charge in [0, 0.05) is 16.6 Å². The largest absolute Gasteiger partial charge is 0.244 e. The predicted molar refractivity (Wildman–Crippen MR) is 80.7 cm³/mol. The number of hydrogen-bond acceptors (Lipinski definition) is 2. The van der Waals surface area contributed by atoms with Gasteiger partial charge in [0.2, 0.25) is 10.0 Å². The van der Waals surface area contributed by atoms with Gasteiger partial charge >= 0.3 is 0 Å². The number of halogens is 1. The predicted octanol–water partition coefficient (Wildman–Crippen LogP) is 3.71. The molecule has 1 heterocycles. The van der Waals surface area contributed by atoms with Gasteiger partial charge in [-0.2, -0.15) is 4.31 Å². The van der Waals surface area contributed by atoms with Gasteiger partial charge in [-0.1, -0.05) is 12.5 Å². The molecule has 0 N–H and O–H groups in total. The minimum absolute atomic E-state index is 0.0713. The molecule has 2 rings (SSSR count). The topological polar surface area (TPSA) is 37.4 Å². The van der Waals surface area contributed by atoms with Crippen LogP contribution in [0.3, 0.4) is 0 Å². The van der Waals surface area contributed by atoms with Gasteiger partial charge in [0.25, 0.3) is 0 Å². The van der Waals surface area contributed by atoms with E-state index in [2.05, 4.69) is 15.9 Å². The Labute approximate surface area is 124 Å². The molecule has 1 aromatic carbocycles. The summed E-state index contributed by atoms with van der Waals surface area (Å²) in [5, 5.41) is 0. The maximum absolute atomic E-state index is 12.8. The fraction of sp³-hybridized carbons (Fsp3) is 0.571. The highest BCUT2D eigenvalue weighted by molar-refractivity contribution is 9.10. The first kappa shape index (κ1) is 15.0. The zero-order valence-corrected chi connectivity index (χ0v) is 14.0. The SMILES string of the molecule is Cc1ccc(S(=O)(=O)N2C(C)CCCC2C)c(Br)c1. The van der Waals surface area contributed by atoms with E-state index in [0.717, 1.165) is 24.8 Å². The van der Waals surface area contributed by atoms with E-state index >= 15 is 0 Å². The van der Waals surface area contributed by atoms with Gasteiger partial charge in [-0.3, -0.25) is 0 Å². The Balaban J connectivity index is 2.46. The molecule has 1 aliphatic heterocycles. The fourth-order valence-corrected chi connectivity index (χ4v) is 5.84. The van der Waals surface area contributed by atoms with Gasteiger partial charge in [-0.25, -0.2) is 8.42 Å². The van der Waals surface area contributed by atoms with Crippen LogP contribution in [0.5, 0.6) is 0 Å². The average Bonchev–Trinajstić information content (AvgIpc) is 2.27. The maximum atomic E-state index is 12.8. The summed E-state index contributed by atoms with van der Waals surface area (Å²) in [7, 11) is -3.42. The second kappa shape index (κ2) is 5.54. The molecule has 0 bridgehead atoms. The number of nitrogens with zero attached hydrogens (tertiary/aromatic N) is 1. The number of hydrogen-bond donors (Lipinski definition) is 0. The minimum atomic E-state index is -3.42. The van der Waals surface area contributed by atoms with Gasteiger partial charge in [0.05, 0.1) is 4.90 Å². The third kappa shape index (κ3) is 2.88. The van der Waals surface area contributed by atoms with Crippen molar-refractivity contribution in [3.8, 4) is 0 Å². The summed E-state index contributed by atoms with van der Waals surface area (Å²) >= 11 is 3.38. The summed E-state index contributed by atoms with van der Waals surface area (Å²) in [6.07, 6.45) is 2.98. The Hall–Kier alpha value is -0.390. The first-order valence-corrected chi connectivity index (χ1v) is 8.87. The molecule has 3 nitrogen and oxygen atoms in total.